The number of anilines is 1. The number of aromatic nitrogens is 3. The highest BCUT2D eigenvalue weighted by atomic mass is 16.1. The van der Waals surface area contributed by atoms with E-state index in [0.29, 0.717) is 6.42 Å². The molecule has 162 valence electrons. The fourth-order valence-corrected chi connectivity index (χ4v) is 3.05. The number of nitrogens with zero attached hydrogens (tertiary/aromatic N) is 2. The first-order chi connectivity index (χ1) is 15.1. The molecule has 2 aromatic carbocycles. The van der Waals surface area contributed by atoms with Crippen LogP contribution in [0.4, 0.5) is 5.69 Å². The van der Waals surface area contributed by atoms with Crippen LogP contribution in [0.3, 0.4) is 0 Å². The van der Waals surface area contributed by atoms with Crippen molar-refractivity contribution in [3.05, 3.63) is 77.7 Å². The quantitative estimate of drug-likeness (QED) is 0.400. The first-order valence-electron chi connectivity index (χ1n) is 10.8. The second kappa shape index (κ2) is 11.6. The minimum absolute atomic E-state index is 0.0249. The number of hydrogen-bond acceptors (Lipinski definition) is 3. The summed E-state index contributed by atoms with van der Waals surface area (Å²) in [5, 5.41) is 3.96. The summed E-state index contributed by atoms with van der Waals surface area (Å²) < 4.78 is 0. The lowest BCUT2D eigenvalue weighted by Gasteiger charge is -2.07. The van der Waals surface area contributed by atoms with Crippen molar-refractivity contribution in [2.24, 2.45) is 0 Å². The zero-order valence-electron chi connectivity index (χ0n) is 19.3. The Labute approximate surface area is 185 Å². The topological polar surface area (TPSA) is 70.7 Å². The second-order valence-electron chi connectivity index (χ2n) is 6.69. The SMILES string of the molecule is CC.CC.Cc1ccc(CC(=O)Nc2ccc(-c3cc4c(C)ncnc4[nH]3)cc2)cc1. The van der Waals surface area contributed by atoms with Crippen molar-refractivity contribution in [3.63, 3.8) is 0 Å². The van der Waals surface area contributed by atoms with E-state index in [1.165, 1.54) is 5.56 Å². The van der Waals surface area contributed by atoms with E-state index in [9.17, 15) is 4.79 Å². The summed E-state index contributed by atoms with van der Waals surface area (Å²) in [4.78, 5) is 24.0. The number of rotatable bonds is 4. The molecule has 2 aromatic heterocycles. The Morgan fingerprint density at radius 1 is 0.903 bits per heavy atom. The molecule has 0 aliphatic heterocycles. The number of amides is 1. The van der Waals surface area contributed by atoms with Crippen LogP contribution in [0.2, 0.25) is 0 Å². The molecule has 5 nitrogen and oxygen atoms in total. The predicted molar refractivity (Wildman–Crippen MR) is 130 cm³/mol. The lowest BCUT2D eigenvalue weighted by Crippen LogP contribution is -2.14. The number of benzene rings is 2. The van der Waals surface area contributed by atoms with Crippen LogP contribution in [0.15, 0.2) is 60.9 Å². The Bertz CT molecular complexity index is 1100. The van der Waals surface area contributed by atoms with Gasteiger partial charge in [0.2, 0.25) is 5.91 Å². The molecule has 4 aromatic rings. The van der Waals surface area contributed by atoms with Gasteiger partial charge in [0.25, 0.3) is 0 Å². The van der Waals surface area contributed by atoms with Crippen LogP contribution in [0.25, 0.3) is 22.3 Å². The van der Waals surface area contributed by atoms with Crippen molar-refractivity contribution in [3.8, 4) is 11.3 Å². The van der Waals surface area contributed by atoms with Gasteiger partial charge in [-0.05, 0) is 43.2 Å². The van der Waals surface area contributed by atoms with Crippen LogP contribution in [0.5, 0.6) is 0 Å². The molecule has 1 amide bonds. The Hall–Kier alpha value is -3.47. The maximum absolute atomic E-state index is 12.2. The van der Waals surface area contributed by atoms with E-state index in [2.05, 4.69) is 26.3 Å². The highest BCUT2D eigenvalue weighted by Gasteiger charge is 2.08. The monoisotopic (exact) mass is 416 g/mol. The summed E-state index contributed by atoms with van der Waals surface area (Å²) in [5.74, 6) is -0.0249. The molecule has 0 spiro atoms. The van der Waals surface area contributed by atoms with Crippen molar-refractivity contribution >= 4 is 22.6 Å². The van der Waals surface area contributed by atoms with Gasteiger partial charge in [-0.1, -0.05) is 69.7 Å². The minimum atomic E-state index is -0.0249. The summed E-state index contributed by atoms with van der Waals surface area (Å²) in [5.41, 5.74) is 6.76. The van der Waals surface area contributed by atoms with E-state index in [-0.39, 0.29) is 5.91 Å². The average Bonchev–Trinajstić information content (AvgIpc) is 3.24. The number of fused-ring (bicyclic) bond motifs is 1. The number of carbonyl (C=O) groups is 1. The smallest absolute Gasteiger partial charge is 0.228 e. The molecule has 0 atom stereocenters. The molecular weight excluding hydrogens is 384 g/mol. The fraction of sp³-hybridized carbons (Fsp3) is 0.269. The van der Waals surface area contributed by atoms with E-state index in [1.807, 2.05) is 90.1 Å². The molecule has 0 unspecified atom stereocenters. The molecule has 4 rings (SSSR count). The van der Waals surface area contributed by atoms with Gasteiger partial charge in [-0.2, -0.15) is 0 Å². The number of aryl methyl sites for hydroxylation is 2. The van der Waals surface area contributed by atoms with Gasteiger partial charge in [0, 0.05) is 16.8 Å². The third-order valence-electron chi connectivity index (χ3n) is 4.59. The molecule has 31 heavy (non-hydrogen) atoms. The molecule has 0 saturated carbocycles. The summed E-state index contributed by atoms with van der Waals surface area (Å²) in [6, 6.07) is 17.8. The molecule has 5 heteroatoms. The van der Waals surface area contributed by atoms with Crippen molar-refractivity contribution in [1.82, 2.24) is 15.0 Å². The maximum atomic E-state index is 12.2. The largest absolute Gasteiger partial charge is 0.339 e. The molecule has 2 N–H and O–H groups in total. The molecule has 0 fully saturated rings. The third-order valence-corrected chi connectivity index (χ3v) is 4.59. The number of aromatic amines is 1. The predicted octanol–water partition coefficient (Wildman–Crippen LogP) is 6.48. The standard InChI is InChI=1S/C22H20N4O.2C2H6/c1-14-3-5-16(6-4-14)11-21(27)25-18-9-7-17(8-10-18)20-12-19-15(2)23-13-24-22(19)26-20;2*1-2/h3-10,12-13H,11H2,1-2H3,(H,25,27)(H,23,24,26);2*1-2H3. The lowest BCUT2D eigenvalue weighted by molar-refractivity contribution is -0.115. The zero-order chi connectivity index (χ0) is 22.8. The molecule has 0 saturated heterocycles. The van der Waals surface area contributed by atoms with Crippen molar-refractivity contribution in [2.75, 3.05) is 5.32 Å². The van der Waals surface area contributed by atoms with E-state index >= 15 is 0 Å². The summed E-state index contributed by atoms with van der Waals surface area (Å²) in [7, 11) is 0. The number of hydrogen-bond donors (Lipinski definition) is 2. The van der Waals surface area contributed by atoms with Crippen LogP contribution in [-0.2, 0) is 11.2 Å². The van der Waals surface area contributed by atoms with Gasteiger partial charge in [0.15, 0.2) is 0 Å². The third kappa shape index (κ3) is 6.25. The molecule has 0 aliphatic rings. The number of carbonyl (C=O) groups excluding carboxylic acids is 1. The van der Waals surface area contributed by atoms with E-state index < -0.39 is 0 Å². The second-order valence-corrected chi connectivity index (χ2v) is 6.69. The number of H-pyrrole nitrogens is 1. The van der Waals surface area contributed by atoms with Crippen LogP contribution < -0.4 is 5.32 Å². The Morgan fingerprint density at radius 2 is 1.55 bits per heavy atom. The molecule has 2 heterocycles. The van der Waals surface area contributed by atoms with E-state index in [0.717, 1.165) is 39.2 Å². The summed E-state index contributed by atoms with van der Waals surface area (Å²) in [6.07, 6.45) is 1.92. The summed E-state index contributed by atoms with van der Waals surface area (Å²) in [6.45, 7) is 12.0. The first-order valence-corrected chi connectivity index (χ1v) is 10.8. The van der Waals surface area contributed by atoms with Crippen LogP contribution in [-0.4, -0.2) is 20.9 Å². The van der Waals surface area contributed by atoms with Crippen LogP contribution in [0, 0.1) is 13.8 Å². The van der Waals surface area contributed by atoms with Crippen molar-refractivity contribution in [1.29, 1.82) is 0 Å². The highest BCUT2D eigenvalue weighted by Crippen LogP contribution is 2.25. The highest BCUT2D eigenvalue weighted by molar-refractivity contribution is 5.92. The molecule has 0 bridgehead atoms. The molecule has 0 aliphatic carbocycles. The van der Waals surface area contributed by atoms with Gasteiger partial charge in [-0.25, -0.2) is 9.97 Å². The normalized spacial score (nSPS) is 9.87. The van der Waals surface area contributed by atoms with E-state index in [1.54, 1.807) is 6.33 Å². The Kier molecular flexibility index (Phi) is 8.94. The van der Waals surface area contributed by atoms with Gasteiger partial charge in [-0.15, -0.1) is 0 Å². The fourth-order valence-electron chi connectivity index (χ4n) is 3.05. The van der Waals surface area contributed by atoms with Gasteiger partial charge < -0.3 is 10.3 Å². The van der Waals surface area contributed by atoms with Gasteiger partial charge in [-0.3, -0.25) is 4.79 Å². The Balaban J connectivity index is 0.000000807. The maximum Gasteiger partial charge on any atom is 0.228 e. The minimum Gasteiger partial charge on any atom is -0.339 e. The van der Waals surface area contributed by atoms with Gasteiger partial charge >= 0.3 is 0 Å². The van der Waals surface area contributed by atoms with E-state index in [4.69, 9.17) is 0 Å². The van der Waals surface area contributed by atoms with Crippen molar-refractivity contribution in [2.45, 2.75) is 48.0 Å². The average molecular weight is 417 g/mol. The first kappa shape index (κ1) is 23.8. The van der Waals surface area contributed by atoms with Crippen LogP contribution in [0.1, 0.15) is 44.5 Å². The number of nitrogens with one attached hydrogen (secondary N) is 2. The van der Waals surface area contributed by atoms with Gasteiger partial charge in [0.1, 0.15) is 12.0 Å². The lowest BCUT2D eigenvalue weighted by atomic mass is 10.1. The molecular formula is C26H32N4O. The van der Waals surface area contributed by atoms with Gasteiger partial charge in [0.05, 0.1) is 12.1 Å². The Morgan fingerprint density at radius 3 is 2.16 bits per heavy atom. The van der Waals surface area contributed by atoms with Crippen molar-refractivity contribution < 1.29 is 4.79 Å². The molecule has 0 radical (unpaired) electrons. The zero-order valence-corrected chi connectivity index (χ0v) is 19.3. The summed E-state index contributed by atoms with van der Waals surface area (Å²) >= 11 is 0. The van der Waals surface area contributed by atoms with Crippen LogP contribution >= 0.6 is 0 Å².